The van der Waals surface area contributed by atoms with Gasteiger partial charge >= 0.3 is 0 Å². The predicted octanol–water partition coefficient (Wildman–Crippen LogP) is 3.49. The molecule has 2 heteroatoms. The van der Waals surface area contributed by atoms with Gasteiger partial charge in [-0.2, -0.15) is 0 Å². The van der Waals surface area contributed by atoms with E-state index in [0.29, 0.717) is 0 Å². The molecule has 0 aromatic carbocycles. The van der Waals surface area contributed by atoms with E-state index in [9.17, 15) is 0 Å². The molecule has 2 N–H and O–H groups in total. The fraction of sp³-hybridized carbons (Fsp3) is 1.00. The first kappa shape index (κ1) is 13.4. The summed E-state index contributed by atoms with van der Waals surface area (Å²) in [7, 11) is 0. The highest BCUT2D eigenvalue weighted by Gasteiger charge is 2.32. The van der Waals surface area contributed by atoms with Crippen LogP contribution < -0.4 is 5.73 Å². The zero-order valence-electron chi connectivity index (χ0n) is 11.4. The molecule has 2 rings (SSSR count). The molecule has 0 amide bonds. The summed E-state index contributed by atoms with van der Waals surface area (Å²) in [6, 6.07) is 0. The monoisotopic (exact) mass is 239 g/mol. The Morgan fingerprint density at radius 2 is 1.88 bits per heavy atom. The van der Waals surface area contributed by atoms with E-state index in [-0.39, 0.29) is 5.60 Å². The summed E-state index contributed by atoms with van der Waals surface area (Å²) in [4.78, 5) is 0. The van der Waals surface area contributed by atoms with Crippen molar-refractivity contribution in [3.63, 3.8) is 0 Å². The first-order valence-electron chi connectivity index (χ1n) is 7.58. The summed E-state index contributed by atoms with van der Waals surface area (Å²) in [5.74, 6) is 1.70. The Morgan fingerprint density at radius 3 is 2.53 bits per heavy atom. The molecule has 2 fully saturated rings. The summed E-state index contributed by atoms with van der Waals surface area (Å²) in [5.41, 5.74) is 6.00. The first-order chi connectivity index (χ1) is 8.24. The van der Waals surface area contributed by atoms with Gasteiger partial charge in [-0.15, -0.1) is 0 Å². The summed E-state index contributed by atoms with van der Waals surface area (Å²) in [6.07, 6.45) is 11.9. The molecule has 0 spiro atoms. The van der Waals surface area contributed by atoms with Crippen LogP contribution in [-0.4, -0.2) is 18.8 Å². The number of rotatable bonds is 4. The molecule has 2 unspecified atom stereocenters. The van der Waals surface area contributed by atoms with Crippen molar-refractivity contribution in [2.45, 2.75) is 70.3 Å². The van der Waals surface area contributed by atoms with Gasteiger partial charge in [0.2, 0.25) is 0 Å². The Kier molecular flexibility index (Phi) is 4.87. The van der Waals surface area contributed by atoms with E-state index in [4.69, 9.17) is 10.5 Å². The Morgan fingerprint density at radius 1 is 1.12 bits per heavy atom. The van der Waals surface area contributed by atoms with Crippen molar-refractivity contribution in [2.75, 3.05) is 13.2 Å². The molecule has 0 saturated heterocycles. The van der Waals surface area contributed by atoms with Gasteiger partial charge in [-0.3, -0.25) is 0 Å². The van der Waals surface area contributed by atoms with E-state index >= 15 is 0 Å². The van der Waals surface area contributed by atoms with Gasteiger partial charge in [0.05, 0.1) is 12.2 Å². The van der Waals surface area contributed by atoms with E-state index in [1.165, 1.54) is 57.8 Å². The molecule has 2 atom stereocenters. The predicted molar refractivity (Wildman–Crippen MR) is 71.9 cm³/mol. The van der Waals surface area contributed by atoms with Crippen LogP contribution in [0.5, 0.6) is 0 Å². The summed E-state index contributed by atoms with van der Waals surface area (Å²) in [6.45, 7) is 4.06. The van der Waals surface area contributed by atoms with Gasteiger partial charge in [0, 0.05) is 6.54 Å². The normalized spacial score (nSPS) is 33.5. The quantitative estimate of drug-likeness (QED) is 0.815. The summed E-state index contributed by atoms with van der Waals surface area (Å²) >= 11 is 0. The molecule has 0 heterocycles. The van der Waals surface area contributed by atoms with Crippen molar-refractivity contribution in [2.24, 2.45) is 17.6 Å². The van der Waals surface area contributed by atoms with Crippen LogP contribution in [0.25, 0.3) is 0 Å². The van der Waals surface area contributed by atoms with Gasteiger partial charge in [-0.05, 0) is 37.5 Å². The number of nitrogens with two attached hydrogens (primary N) is 1. The van der Waals surface area contributed by atoms with E-state index in [1.54, 1.807) is 0 Å². The highest BCUT2D eigenvalue weighted by Crippen LogP contribution is 2.34. The average molecular weight is 239 g/mol. The van der Waals surface area contributed by atoms with Crippen molar-refractivity contribution in [1.82, 2.24) is 0 Å². The maximum atomic E-state index is 6.28. The van der Waals surface area contributed by atoms with Gasteiger partial charge in [-0.25, -0.2) is 0 Å². The van der Waals surface area contributed by atoms with Crippen molar-refractivity contribution >= 4 is 0 Å². The van der Waals surface area contributed by atoms with E-state index < -0.39 is 0 Å². The lowest BCUT2D eigenvalue weighted by Crippen LogP contribution is -2.43. The molecule has 0 aromatic rings. The molecule has 0 bridgehead atoms. The lowest BCUT2D eigenvalue weighted by Gasteiger charge is -2.38. The van der Waals surface area contributed by atoms with E-state index in [0.717, 1.165) is 25.0 Å². The van der Waals surface area contributed by atoms with Gasteiger partial charge in [0.1, 0.15) is 0 Å². The van der Waals surface area contributed by atoms with Crippen molar-refractivity contribution in [3.8, 4) is 0 Å². The van der Waals surface area contributed by atoms with Crippen LogP contribution in [0.3, 0.4) is 0 Å². The SMILES string of the molecule is CC1CCCC(COC2(CN)CCCCC2)C1. The standard InChI is InChI=1S/C15H29NO/c1-13-6-5-7-14(10-13)11-17-15(12-16)8-3-2-4-9-15/h13-14H,2-12,16H2,1H3. The summed E-state index contributed by atoms with van der Waals surface area (Å²) in [5, 5.41) is 0. The molecular formula is C15H29NO. The molecular weight excluding hydrogens is 210 g/mol. The zero-order valence-corrected chi connectivity index (χ0v) is 11.4. The topological polar surface area (TPSA) is 35.2 Å². The van der Waals surface area contributed by atoms with Gasteiger partial charge in [0.25, 0.3) is 0 Å². The third-order valence-corrected chi connectivity index (χ3v) is 4.81. The number of hydrogen-bond donors (Lipinski definition) is 1. The molecule has 2 nitrogen and oxygen atoms in total. The zero-order chi connectivity index (χ0) is 12.1. The molecule has 0 radical (unpaired) electrons. The summed E-state index contributed by atoms with van der Waals surface area (Å²) < 4.78 is 6.28. The molecule has 2 aliphatic carbocycles. The van der Waals surface area contributed by atoms with Crippen LogP contribution in [0.15, 0.2) is 0 Å². The van der Waals surface area contributed by atoms with Gasteiger partial charge in [-0.1, -0.05) is 39.0 Å². The lowest BCUT2D eigenvalue weighted by molar-refractivity contribution is -0.0820. The van der Waals surface area contributed by atoms with Gasteiger partial charge < -0.3 is 10.5 Å². The van der Waals surface area contributed by atoms with Crippen LogP contribution in [0.2, 0.25) is 0 Å². The van der Waals surface area contributed by atoms with Crippen LogP contribution in [0.1, 0.15) is 64.7 Å². The second-order valence-corrected chi connectivity index (χ2v) is 6.40. The Bertz CT molecular complexity index is 223. The molecule has 17 heavy (non-hydrogen) atoms. The van der Waals surface area contributed by atoms with E-state index in [1.807, 2.05) is 0 Å². The highest BCUT2D eigenvalue weighted by atomic mass is 16.5. The van der Waals surface area contributed by atoms with Crippen LogP contribution >= 0.6 is 0 Å². The van der Waals surface area contributed by atoms with Crippen molar-refractivity contribution < 1.29 is 4.74 Å². The van der Waals surface area contributed by atoms with Crippen LogP contribution in [0, 0.1) is 11.8 Å². The van der Waals surface area contributed by atoms with Crippen LogP contribution in [-0.2, 0) is 4.74 Å². The fourth-order valence-corrected chi connectivity index (χ4v) is 3.61. The second kappa shape index (κ2) is 6.19. The minimum Gasteiger partial charge on any atom is -0.373 e. The third-order valence-electron chi connectivity index (χ3n) is 4.81. The number of hydrogen-bond acceptors (Lipinski definition) is 2. The Hall–Kier alpha value is -0.0800. The minimum atomic E-state index is 0.0406. The Balaban J connectivity index is 1.78. The maximum Gasteiger partial charge on any atom is 0.0804 e. The number of ether oxygens (including phenoxy) is 1. The minimum absolute atomic E-state index is 0.0406. The fourth-order valence-electron chi connectivity index (χ4n) is 3.61. The molecule has 2 aliphatic rings. The molecule has 100 valence electrons. The molecule has 0 aliphatic heterocycles. The molecule has 2 saturated carbocycles. The van der Waals surface area contributed by atoms with Crippen molar-refractivity contribution in [1.29, 1.82) is 0 Å². The van der Waals surface area contributed by atoms with Crippen molar-refractivity contribution in [3.05, 3.63) is 0 Å². The Labute approximate surface area is 106 Å². The maximum absolute atomic E-state index is 6.28. The highest BCUT2D eigenvalue weighted by molar-refractivity contribution is 4.86. The van der Waals surface area contributed by atoms with Crippen LogP contribution in [0.4, 0.5) is 0 Å². The first-order valence-corrected chi connectivity index (χ1v) is 7.58. The third kappa shape index (κ3) is 3.69. The largest absolute Gasteiger partial charge is 0.373 e. The average Bonchev–Trinajstić information content (AvgIpc) is 2.38. The second-order valence-electron chi connectivity index (χ2n) is 6.40. The smallest absolute Gasteiger partial charge is 0.0804 e. The lowest BCUT2D eigenvalue weighted by atomic mass is 9.82. The van der Waals surface area contributed by atoms with Gasteiger partial charge in [0.15, 0.2) is 0 Å². The molecule has 0 aromatic heterocycles. The van der Waals surface area contributed by atoms with E-state index in [2.05, 4.69) is 6.92 Å².